The molecule has 0 saturated carbocycles. The number of hydrogen-bond donors (Lipinski definition) is 0. The smallest absolute Gasteiger partial charge is 0.204 e. The molecule has 2 aromatic carbocycles. The minimum Gasteiger partial charge on any atom is -0.463 e. The van der Waals surface area contributed by atoms with Crippen molar-refractivity contribution in [3.63, 3.8) is 0 Å². The number of unbranched alkanes of at least 4 members (excludes halogenated alkanes) is 1. The lowest BCUT2D eigenvalue weighted by molar-refractivity contribution is -0.156. The van der Waals surface area contributed by atoms with Crippen LogP contribution in [0.5, 0.6) is 5.75 Å². The molecule has 1 atom stereocenters. The van der Waals surface area contributed by atoms with Gasteiger partial charge >= 0.3 is 0 Å². The van der Waals surface area contributed by atoms with Crippen molar-refractivity contribution >= 4 is 0 Å². The number of rotatable bonds is 11. The molecule has 0 spiro atoms. The molecule has 0 radical (unpaired) electrons. The molecule has 0 N–H and O–H groups in total. The van der Waals surface area contributed by atoms with Crippen LogP contribution in [-0.2, 0) is 11.2 Å². The van der Waals surface area contributed by atoms with Gasteiger partial charge in [-0.3, -0.25) is 0 Å². The van der Waals surface area contributed by atoms with Crippen LogP contribution in [0.1, 0.15) is 84.8 Å². The van der Waals surface area contributed by atoms with Crippen LogP contribution in [-0.4, -0.2) is 12.4 Å². The quantitative estimate of drug-likeness (QED) is 0.276. The van der Waals surface area contributed by atoms with E-state index in [0.29, 0.717) is 23.9 Å². The standard InChI is InChI=1S/C28H42O2/c1-22(2)26(21-27(3,4)5)24-16-18-25(19-17-24)30-28(6,7)29-20-12-11-15-23-13-9-8-10-14-23/h8-10,13-14,16-19,22,26H,11-12,15,20-21H2,1-7H3. The Kier molecular flexibility index (Phi) is 8.97. The van der Waals surface area contributed by atoms with E-state index in [1.54, 1.807) is 0 Å². The molecule has 2 heteroatoms. The lowest BCUT2D eigenvalue weighted by atomic mass is 9.76. The van der Waals surface area contributed by atoms with Crippen LogP contribution in [0, 0.1) is 11.3 Å². The fourth-order valence-corrected chi connectivity index (χ4v) is 3.89. The normalized spacial score (nSPS) is 13.5. The lowest BCUT2D eigenvalue weighted by Gasteiger charge is -2.30. The maximum Gasteiger partial charge on any atom is 0.204 e. The summed E-state index contributed by atoms with van der Waals surface area (Å²) in [6.45, 7) is 16.3. The largest absolute Gasteiger partial charge is 0.463 e. The van der Waals surface area contributed by atoms with E-state index in [0.717, 1.165) is 25.0 Å². The van der Waals surface area contributed by atoms with Gasteiger partial charge in [-0.2, -0.15) is 0 Å². The SMILES string of the molecule is CC(C)C(CC(C)(C)C)c1ccc(OC(C)(C)OCCCCc2ccccc2)cc1. The number of hydrogen-bond acceptors (Lipinski definition) is 2. The molecule has 0 aromatic heterocycles. The fourth-order valence-electron chi connectivity index (χ4n) is 3.89. The van der Waals surface area contributed by atoms with Gasteiger partial charge in [0.2, 0.25) is 5.79 Å². The van der Waals surface area contributed by atoms with Crippen molar-refractivity contribution in [2.45, 2.75) is 85.9 Å². The number of ether oxygens (including phenoxy) is 2. The van der Waals surface area contributed by atoms with E-state index in [-0.39, 0.29) is 0 Å². The lowest BCUT2D eigenvalue weighted by Crippen LogP contribution is -2.32. The van der Waals surface area contributed by atoms with Gasteiger partial charge in [0.15, 0.2) is 0 Å². The summed E-state index contributed by atoms with van der Waals surface area (Å²) in [6, 6.07) is 19.3. The van der Waals surface area contributed by atoms with Gasteiger partial charge < -0.3 is 9.47 Å². The zero-order chi connectivity index (χ0) is 22.2. The molecule has 0 aliphatic rings. The Morgan fingerprint density at radius 2 is 1.43 bits per heavy atom. The summed E-state index contributed by atoms with van der Waals surface area (Å²) < 4.78 is 12.2. The van der Waals surface area contributed by atoms with Gasteiger partial charge in [0, 0.05) is 13.8 Å². The van der Waals surface area contributed by atoms with E-state index in [1.807, 2.05) is 13.8 Å². The molecule has 0 amide bonds. The molecule has 0 aliphatic carbocycles. The molecule has 2 aromatic rings. The van der Waals surface area contributed by atoms with Gasteiger partial charge in [-0.05, 0) is 66.2 Å². The zero-order valence-corrected chi connectivity index (χ0v) is 20.2. The van der Waals surface area contributed by atoms with Crippen LogP contribution in [0.4, 0.5) is 0 Å². The second-order valence-electron chi connectivity index (χ2n) is 10.5. The van der Waals surface area contributed by atoms with Crippen LogP contribution < -0.4 is 4.74 Å². The molecule has 0 heterocycles. The predicted octanol–water partition coefficient (Wildman–Crippen LogP) is 8.02. The van der Waals surface area contributed by atoms with Crippen molar-refractivity contribution in [1.82, 2.24) is 0 Å². The first kappa shape index (κ1) is 24.5. The van der Waals surface area contributed by atoms with Gasteiger partial charge in [0.1, 0.15) is 5.75 Å². The van der Waals surface area contributed by atoms with Crippen molar-refractivity contribution in [1.29, 1.82) is 0 Å². The maximum absolute atomic E-state index is 6.14. The first-order valence-electron chi connectivity index (χ1n) is 11.5. The highest BCUT2D eigenvalue weighted by molar-refractivity contribution is 5.30. The molecule has 166 valence electrons. The van der Waals surface area contributed by atoms with Gasteiger partial charge in [-0.15, -0.1) is 0 Å². The average Bonchev–Trinajstić information content (AvgIpc) is 2.66. The van der Waals surface area contributed by atoms with Gasteiger partial charge in [0.25, 0.3) is 0 Å². The highest BCUT2D eigenvalue weighted by Gasteiger charge is 2.24. The Labute approximate surface area is 185 Å². The van der Waals surface area contributed by atoms with E-state index in [9.17, 15) is 0 Å². The van der Waals surface area contributed by atoms with E-state index in [2.05, 4.69) is 89.2 Å². The monoisotopic (exact) mass is 410 g/mol. The first-order chi connectivity index (χ1) is 14.1. The highest BCUT2D eigenvalue weighted by Crippen LogP contribution is 2.37. The van der Waals surface area contributed by atoms with Crippen molar-refractivity contribution in [2.24, 2.45) is 11.3 Å². The van der Waals surface area contributed by atoms with Crippen LogP contribution in [0.3, 0.4) is 0 Å². The van der Waals surface area contributed by atoms with E-state index in [1.165, 1.54) is 17.5 Å². The van der Waals surface area contributed by atoms with Crippen LogP contribution in [0.2, 0.25) is 0 Å². The summed E-state index contributed by atoms with van der Waals surface area (Å²) in [5.41, 5.74) is 3.10. The predicted molar refractivity (Wildman–Crippen MR) is 128 cm³/mol. The summed E-state index contributed by atoms with van der Waals surface area (Å²) in [6.07, 6.45) is 4.43. The zero-order valence-electron chi connectivity index (χ0n) is 20.2. The third-order valence-corrected chi connectivity index (χ3v) is 5.46. The van der Waals surface area contributed by atoms with Gasteiger partial charge in [-0.25, -0.2) is 0 Å². The first-order valence-corrected chi connectivity index (χ1v) is 11.5. The van der Waals surface area contributed by atoms with Crippen molar-refractivity contribution in [3.8, 4) is 5.75 Å². The van der Waals surface area contributed by atoms with E-state index < -0.39 is 5.79 Å². The van der Waals surface area contributed by atoms with Gasteiger partial charge in [-0.1, -0.05) is 77.1 Å². The maximum atomic E-state index is 6.14. The summed E-state index contributed by atoms with van der Waals surface area (Å²) in [4.78, 5) is 0. The van der Waals surface area contributed by atoms with E-state index in [4.69, 9.17) is 9.47 Å². The third-order valence-electron chi connectivity index (χ3n) is 5.46. The Hall–Kier alpha value is -1.80. The summed E-state index contributed by atoms with van der Waals surface area (Å²) in [5, 5.41) is 0. The minimum absolute atomic E-state index is 0.320. The molecule has 0 fully saturated rings. The molecule has 1 unspecified atom stereocenters. The highest BCUT2D eigenvalue weighted by atomic mass is 16.7. The van der Waals surface area contributed by atoms with Crippen LogP contribution in [0.15, 0.2) is 54.6 Å². The number of benzene rings is 2. The summed E-state index contributed by atoms with van der Waals surface area (Å²) in [5.74, 6) is 1.42. The molecular weight excluding hydrogens is 368 g/mol. The van der Waals surface area contributed by atoms with Crippen molar-refractivity contribution < 1.29 is 9.47 Å². The Bertz CT molecular complexity index is 723. The molecule has 2 nitrogen and oxygen atoms in total. The molecular formula is C28H42O2. The molecule has 0 bridgehead atoms. The van der Waals surface area contributed by atoms with Crippen molar-refractivity contribution in [2.75, 3.05) is 6.61 Å². The average molecular weight is 411 g/mol. The molecule has 0 aliphatic heterocycles. The van der Waals surface area contributed by atoms with E-state index >= 15 is 0 Å². The third kappa shape index (κ3) is 8.92. The number of aryl methyl sites for hydroxylation is 1. The summed E-state index contributed by atoms with van der Waals surface area (Å²) >= 11 is 0. The van der Waals surface area contributed by atoms with Crippen LogP contribution >= 0.6 is 0 Å². The summed E-state index contributed by atoms with van der Waals surface area (Å²) in [7, 11) is 0. The Morgan fingerprint density at radius 3 is 2.00 bits per heavy atom. The minimum atomic E-state index is -0.628. The topological polar surface area (TPSA) is 18.5 Å². The molecule has 2 rings (SSSR count). The van der Waals surface area contributed by atoms with Gasteiger partial charge in [0.05, 0.1) is 6.61 Å². The Morgan fingerprint density at radius 1 is 0.800 bits per heavy atom. The second kappa shape index (κ2) is 11.0. The molecule has 30 heavy (non-hydrogen) atoms. The molecule has 0 saturated heterocycles. The van der Waals surface area contributed by atoms with Crippen molar-refractivity contribution in [3.05, 3.63) is 65.7 Å². The fraction of sp³-hybridized carbons (Fsp3) is 0.571. The Balaban J connectivity index is 1.82. The second-order valence-corrected chi connectivity index (χ2v) is 10.5. The van der Waals surface area contributed by atoms with Crippen LogP contribution in [0.25, 0.3) is 0 Å².